The summed E-state index contributed by atoms with van der Waals surface area (Å²) in [5.41, 5.74) is 6.68. The van der Waals surface area contributed by atoms with E-state index in [2.05, 4.69) is 15.8 Å². The molecule has 0 saturated heterocycles. The molecule has 0 bridgehead atoms. The second-order valence-corrected chi connectivity index (χ2v) is 7.18. The van der Waals surface area contributed by atoms with Crippen LogP contribution in [-0.4, -0.2) is 18.9 Å². The van der Waals surface area contributed by atoms with Crippen LogP contribution >= 0.6 is 0 Å². The van der Waals surface area contributed by atoms with Gasteiger partial charge >= 0.3 is 6.03 Å². The number of hydrazone groups is 1. The summed E-state index contributed by atoms with van der Waals surface area (Å²) in [5.74, 6) is 1.24. The van der Waals surface area contributed by atoms with Crippen LogP contribution in [0, 0.1) is 19.7 Å². The Morgan fingerprint density at radius 1 is 1.00 bits per heavy atom. The minimum atomic E-state index is -0.446. The number of carbonyl (C=O) groups excluding carboxylic acids is 1. The number of carbonyl (C=O) groups is 1. The first-order valence-electron chi connectivity index (χ1n) is 10.3. The second kappa shape index (κ2) is 10.9. The predicted molar refractivity (Wildman–Crippen MR) is 124 cm³/mol. The summed E-state index contributed by atoms with van der Waals surface area (Å²) in [6.45, 7) is 6.73. The molecule has 0 aromatic heterocycles. The summed E-state index contributed by atoms with van der Waals surface area (Å²) >= 11 is 0. The van der Waals surface area contributed by atoms with Crippen LogP contribution in [0.1, 0.15) is 29.2 Å². The molecule has 32 heavy (non-hydrogen) atoms. The summed E-state index contributed by atoms with van der Waals surface area (Å²) < 4.78 is 24.3. The van der Waals surface area contributed by atoms with Crippen LogP contribution < -0.4 is 20.2 Å². The molecule has 0 unspecified atom stereocenters. The van der Waals surface area contributed by atoms with Gasteiger partial charge in [-0.1, -0.05) is 12.1 Å². The van der Waals surface area contributed by atoms with Gasteiger partial charge in [-0.05, 0) is 91.6 Å². The first-order chi connectivity index (χ1) is 15.4. The van der Waals surface area contributed by atoms with Crippen LogP contribution in [0.3, 0.4) is 0 Å². The number of benzene rings is 3. The van der Waals surface area contributed by atoms with Crippen LogP contribution in [0.15, 0.2) is 65.8 Å². The summed E-state index contributed by atoms with van der Waals surface area (Å²) in [5, 5.41) is 6.71. The maximum absolute atomic E-state index is 13.0. The van der Waals surface area contributed by atoms with Crippen molar-refractivity contribution in [3.8, 4) is 11.5 Å². The van der Waals surface area contributed by atoms with E-state index in [1.54, 1.807) is 42.6 Å². The molecule has 2 amide bonds. The lowest BCUT2D eigenvalue weighted by atomic mass is 10.1. The molecular weight excluding hydrogens is 409 g/mol. The van der Waals surface area contributed by atoms with Crippen molar-refractivity contribution in [1.82, 2.24) is 5.43 Å². The van der Waals surface area contributed by atoms with Gasteiger partial charge in [-0.2, -0.15) is 5.10 Å². The molecule has 0 fully saturated rings. The van der Waals surface area contributed by atoms with Crippen LogP contribution in [0.2, 0.25) is 0 Å². The normalized spacial score (nSPS) is 10.8. The number of halogens is 1. The van der Waals surface area contributed by atoms with Crippen LogP contribution in [0.4, 0.5) is 14.9 Å². The van der Waals surface area contributed by atoms with Crippen molar-refractivity contribution in [2.75, 3.05) is 11.9 Å². The Morgan fingerprint density at radius 3 is 2.28 bits per heavy atom. The molecule has 0 aliphatic rings. The fraction of sp³-hybridized carbons (Fsp3) is 0.200. The van der Waals surface area contributed by atoms with Crippen molar-refractivity contribution in [2.45, 2.75) is 27.4 Å². The minimum absolute atomic E-state index is 0.272. The maximum Gasteiger partial charge on any atom is 0.339 e. The standard InChI is InChI=1S/C25H26FN3O3/c1-4-31-23-11-9-22(10-12-23)28-25(30)29-27-15-20-13-17(2)24(18(3)14-20)32-16-19-5-7-21(26)8-6-19/h5-15H,4,16H2,1-3H3,(H2,28,29,30)/b27-15-. The molecule has 0 spiro atoms. The Morgan fingerprint density at radius 2 is 1.66 bits per heavy atom. The molecule has 0 radical (unpaired) electrons. The highest BCUT2D eigenvalue weighted by molar-refractivity contribution is 5.90. The van der Waals surface area contributed by atoms with Gasteiger partial charge in [-0.3, -0.25) is 0 Å². The third kappa shape index (κ3) is 6.57. The van der Waals surface area contributed by atoms with Gasteiger partial charge in [-0.25, -0.2) is 14.6 Å². The smallest absolute Gasteiger partial charge is 0.339 e. The molecule has 2 N–H and O–H groups in total. The molecule has 3 rings (SSSR count). The molecular formula is C25H26FN3O3. The van der Waals surface area contributed by atoms with E-state index in [-0.39, 0.29) is 5.82 Å². The average Bonchev–Trinajstić information content (AvgIpc) is 2.76. The third-order valence-corrected chi connectivity index (χ3v) is 4.58. The first kappa shape index (κ1) is 22.8. The number of hydrogen-bond donors (Lipinski definition) is 2. The zero-order chi connectivity index (χ0) is 22.9. The van der Waals surface area contributed by atoms with E-state index >= 15 is 0 Å². The van der Waals surface area contributed by atoms with Gasteiger partial charge in [-0.15, -0.1) is 0 Å². The number of rotatable bonds is 8. The van der Waals surface area contributed by atoms with E-state index < -0.39 is 6.03 Å². The monoisotopic (exact) mass is 435 g/mol. The van der Waals surface area contributed by atoms with Crippen molar-refractivity contribution < 1.29 is 18.7 Å². The molecule has 7 heteroatoms. The van der Waals surface area contributed by atoms with E-state index in [4.69, 9.17) is 9.47 Å². The number of nitrogens with zero attached hydrogens (tertiary/aromatic N) is 1. The Labute approximate surface area is 187 Å². The molecule has 0 aliphatic heterocycles. The number of anilines is 1. The topological polar surface area (TPSA) is 72.0 Å². The molecule has 3 aromatic rings. The van der Waals surface area contributed by atoms with Crippen molar-refractivity contribution in [1.29, 1.82) is 0 Å². The van der Waals surface area contributed by atoms with E-state index in [0.717, 1.165) is 33.8 Å². The summed E-state index contributed by atoms with van der Waals surface area (Å²) in [7, 11) is 0. The fourth-order valence-corrected chi connectivity index (χ4v) is 3.15. The molecule has 3 aromatic carbocycles. The van der Waals surface area contributed by atoms with E-state index in [1.165, 1.54) is 12.1 Å². The van der Waals surface area contributed by atoms with Gasteiger partial charge in [0.1, 0.15) is 23.9 Å². The van der Waals surface area contributed by atoms with Gasteiger partial charge < -0.3 is 14.8 Å². The Hall–Kier alpha value is -3.87. The highest BCUT2D eigenvalue weighted by Crippen LogP contribution is 2.25. The summed E-state index contributed by atoms with van der Waals surface area (Å²) in [6.07, 6.45) is 1.57. The lowest BCUT2D eigenvalue weighted by Gasteiger charge is -2.13. The number of nitrogens with one attached hydrogen (secondary N) is 2. The molecule has 0 saturated carbocycles. The van der Waals surface area contributed by atoms with E-state index in [9.17, 15) is 9.18 Å². The van der Waals surface area contributed by atoms with Gasteiger partial charge in [0.05, 0.1) is 12.8 Å². The lowest BCUT2D eigenvalue weighted by Crippen LogP contribution is -2.24. The molecule has 0 heterocycles. The number of aryl methyl sites for hydroxylation is 2. The molecule has 166 valence electrons. The van der Waals surface area contributed by atoms with Crippen molar-refractivity contribution >= 4 is 17.9 Å². The second-order valence-electron chi connectivity index (χ2n) is 7.18. The molecule has 6 nitrogen and oxygen atoms in total. The number of urea groups is 1. The zero-order valence-electron chi connectivity index (χ0n) is 18.3. The quantitative estimate of drug-likeness (QED) is 0.359. The lowest BCUT2D eigenvalue weighted by molar-refractivity contribution is 0.252. The van der Waals surface area contributed by atoms with Crippen LogP contribution in [0.5, 0.6) is 11.5 Å². The number of ether oxygens (including phenoxy) is 2. The highest BCUT2D eigenvalue weighted by Gasteiger charge is 2.07. The van der Waals surface area contributed by atoms with Crippen molar-refractivity contribution in [2.24, 2.45) is 5.10 Å². The minimum Gasteiger partial charge on any atom is -0.494 e. The predicted octanol–water partition coefficient (Wildman–Crippen LogP) is 5.58. The van der Waals surface area contributed by atoms with Crippen LogP contribution in [0.25, 0.3) is 0 Å². The average molecular weight is 435 g/mol. The van der Waals surface area contributed by atoms with Crippen LogP contribution in [-0.2, 0) is 6.61 Å². The Balaban J connectivity index is 1.54. The highest BCUT2D eigenvalue weighted by atomic mass is 19.1. The number of hydrogen-bond acceptors (Lipinski definition) is 4. The van der Waals surface area contributed by atoms with Gasteiger partial charge in [0.15, 0.2) is 0 Å². The zero-order valence-corrected chi connectivity index (χ0v) is 18.3. The largest absolute Gasteiger partial charge is 0.494 e. The van der Waals surface area contributed by atoms with E-state index in [0.29, 0.717) is 18.9 Å². The SMILES string of the molecule is CCOc1ccc(NC(=O)N/N=C\c2cc(C)c(OCc3ccc(F)cc3)c(C)c2)cc1. The number of amides is 2. The van der Waals surface area contributed by atoms with E-state index in [1.807, 2.05) is 32.9 Å². The fourth-order valence-electron chi connectivity index (χ4n) is 3.15. The molecule has 0 aliphatic carbocycles. The summed E-state index contributed by atoms with van der Waals surface area (Å²) in [6, 6.07) is 16.7. The Bertz CT molecular complexity index is 1060. The van der Waals surface area contributed by atoms with Gasteiger partial charge in [0, 0.05) is 5.69 Å². The van der Waals surface area contributed by atoms with Crippen molar-refractivity contribution in [3.63, 3.8) is 0 Å². The Kier molecular flexibility index (Phi) is 7.80. The van der Waals surface area contributed by atoms with Gasteiger partial charge in [0.2, 0.25) is 0 Å². The third-order valence-electron chi connectivity index (χ3n) is 4.58. The van der Waals surface area contributed by atoms with Gasteiger partial charge in [0.25, 0.3) is 0 Å². The first-order valence-corrected chi connectivity index (χ1v) is 10.3. The van der Waals surface area contributed by atoms with Crippen molar-refractivity contribution in [3.05, 3.63) is 88.7 Å². The summed E-state index contributed by atoms with van der Waals surface area (Å²) in [4.78, 5) is 12.0. The molecule has 0 atom stereocenters. The maximum atomic E-state index is 13.0.